The van der Waals surface area contributed by atoms with Crippen molar-refractivity contribution >= 4 is 17.7 Å². The zero-order valence-corrected chi connectivity index (χ0v) is 16.2. The lowest BCUT2D eigenvalue weighted by Crippen LogP contribution is -2.21. The molecule has 0 fully saturated rings. The van der Waals surface area contributed by atoms with E-state index in [0.717, 1.165) is 36.5 Å². The largest absolute Gasteiger partial charge is 0.490 e. The van der Waals surface area contributed by atoms with Crippen molar-refractivity contribution in [3.63, 3.8) is 0 Å². The van der Waals surface area contributed by atoms with E-state index in [2.05, 4.69) is 15.1 Å². The molecule has 7 nitrogen and oxygen atoms in total. The van der Waals surface area contributed by atoms with E-state index in [1.54, 1.807) is 6.92 Å². The second-order valence-corrected chi connectivity index (χ2v) is 7.02. The molecule has 2 aromatic heterocycles. The molecule has 3 rings (SSSR count). The lowest BCUT2D eigenvalue weighted by molar-refractivity contribution is -0.192. The number of aryl methyl sites for hydroxylation is 2. The second-order valence-electron chi connectivity index (χ2n) is 6.06. The Morgan fingerprint density at radius 3 is 2.43 bits per heavy atom. The molecule has 0 radical (unpaired) electrons. The minimum atomic E-state index is -5.08. The quantitative estimate of drug-likeness (QED) is 0.414. The summed E-state index contributed by atoms with van der Waals surface area (Å²) < 4.78 is 72.2. The van der Waals surface area contributed by atoms with Crippen molar-refractivity contribution in [2.75, 3.05) is 0 Å². The van der Waals surface area contributed by atoms with Crippen molar-refractivity contribution in [3.8, 4) is 0 Å². The molecule has 0 spiro atoms. The molecule has 0 saturated carbocycles. The maximum absolute atomic E-state index is 13.0. The van der Waals surface area contributed by atoms with Gasteiger partial charge in [-0.25, -0.2) is 9.78 Å². The van der Waals surface area contributed by atoms with Gasteiger partial charge in [0.15, 0.2) is 5.16 Å². The first-order chi connectivity index (χ1) is 13.8. The van der Waals surface area contributed by atoms with Gasteiger partial charge in [-0.2, -0.15) is 31.4 Å². The van der Waals surface area contributed by atoms with E-state index < -0.39 is 23.9 Å². The first kappa shape index (κ1) is 23.8. The number of rotatable bonds is 4. The molecule has 30 heavy (non-hydrogen) atoms. The van der Waals surface area contributed by atoms with Crippen LogP contribution in [0, 0.1) is 0 Å². The third-order valence-corrected chi connectivity index (χ3v) is 4.95. The summed E-state index contributed by atoms with van der Waals surface area (Å²) in [6.07, 6.45) is -6.34. The number of aromatic amines is 1. The Morgan fingerprint density at radius 1 is 1.27 bits per heavy atom. The Kier molecular flexibility index (Phi) is 7.21. The van der Waals surface area contributed by atoms with E-state index >= 15 is 0 Å². The number of carboxylic acid groups (broad SMARTS) is 1. The van der Waals surface area contributed by atoms with E-state index in [9.17, 15) is 31.1 Å². The summed E-state index contributed by atoms with van der Waals surface area (Å²) in [5.74, 6) is -2.71. The maximum Gasteiger partial charge on any atom is 0.490 e. The monoisotopic (exact) mass is 458 g/mol. The third kappa shape index (κ3) is 5.77. The van der Waals surface area contributed by atoms with E-state index in [-0.39, 0.29) is 17.0 Å². The van der Waals surface area contributed by atoms with Gasteiger partial charge in [-0.05, 0) is 26.2 Å². The lowest BCUT2D eigenvalue weighted by Gasteiger charge is -2.10. The number of halogens is 6. The summed E-state index contributed by atoms with van der Waals surface area (Å²) in [5.41, 5.74) is 0.624. The van der Waals surface area contributed by atoms with Gasteiger partial charge in [-0.3, -0.25) is 9.48 Å². The highest BCUT2D eigenvalue weighted by Gasteiger charge is 2.38. The molecule has 0 saturated heterocycles. The van der Waals surface area contributed by atoms with E-state index in [0.29, 0.717) is 23.7 Å². The molecule has 0 amide bonds. The molecule has 166 valence electrons. The predicted molar refractivity (Wildman–Crippen MR) is 93.0 cm³/mol. The summed E-state index contributed by atoms with van der Waals surface area (Å²) in [7, 11) is 0. The topological polar surface area (TPSA) is 101 Å². The summed E-state index contributed by atoms with van der Waals surface area (Å²) in [6.45, 7) is 2.08. The van der Waals surface area contributed by atoms with Crippen LogP contribution in [-0.4, -0.2) is 37.0 Å². The lowest BCUT2D eigenvalue weighted by atomic mass is 10.2. The predicted octanol–water partition coefficient (Wildman–Crippen LogP) is 3.42. The second kappa shape index (κ2) is 9.10. The number of alkyl halides is 6. The summed E-state index contributed by atoms with van der Waals surface area (Å²) in [5, 5.41) is 11.3. The van der Waals surface area contributed by atoms with Crippen LogP contribution in [0.4, 0.5) is 26.3 Å². The molecule has 14 heteroatoms. The van der Waals surface area contributed by atoms with Gasteiger partial charge in [0.2, 0.25) is 0 Å². The maximum atomic E-state index is 13.0. The van der Waals surface area contributed by atoms with Crippen molar-refractivity contribution in [2.45, 2.75) is 56.0 Å². The third-order valence-electron chi connectivity index (χ3n) is 4.06. The molecular weight excluding hydrogens is 442 g/mol. The molecule has 0 aromatic carbocycles. The SMILES string of the molecule is CCn1ncc(C(F)(F)F)c1CSc1nc2c(c(=O)[nH]1)CCC2.O=C(O)C(F)(F)F. The Bertz CT molecular complexity index is 967. The summed E-state index contributed by atoms with van der Waals surface area (Å²) in [4.78, 5) is 27.8. The number of hydrogen-bond acceptors (Lipinski definition) is 5. The molecular formula is C16H16F6N4O3S. The minimum absolute atomic E-state index is 0.0460. The summed E-state index contributed by atoms with van der Waals surface area (Å²) >= 11 is 1.09. The smallest absolute Gasteiger partial charge is 0.475 e. The van der Waals surface area contributed by atoms with E-state index in [4.69, 9.17) is 9.90 Å². The van der Waals surface area contributed by atoms with Crippen LogP contribution >= 0.6 is 11.8 Å². The number of carbonyl (C=O) groups is 1. The number of nitrogens with zero attached hydrogens (tertiary/aromatic N) is 3. The van der Waals surface area contributed by atoms with Gasteiger partial charge in [0.1, 0.15) is 0 Å². The Hall–Kier alpha value is -2.51. The van der Waals surface area contributed by atoms with Crippen molar-refractivity contribution in [1.29, 1.82) is 0 Å². The molecule has 2 aromatic rings. The number of aliphatic carboxylic acids is 1. The van der Waals surface area contributed by atoms with Gasteiger partial charge in [-0.15, -0.1) is 0 Å². The molecule has 1 aliphatic rings. The first-order valence-electron chi connectivity index (χ1n) is 8.51. The van der Waals surface area contributed by atoms with Crippen LogP contribution in [0.25, 0.3) is 0 Å². The van der Waals surface area contributed by atoms with Crippen LogP contribution < -0.4 is 5.56 Å². The van der Waals surface area contributed by atoms with Gasteiger partial charge in [0, 0.05) is 17.9 Å². The number of aromatic nitrogens is 4. The number of fused-ring (bicyclic) bond motifs is 1. The molecule has 1 aliphatic carbocycles. The zero-order chi connectivity index (χ0) is 22.7. The highest BCUT2D eigenvalue weighted by atomic mass is 32.2. The Balaban J connectivity index is 0.000000396. The van der Waals surface area contributed by atoms with Crippen LogP contribution in [0.5, 0.6) is 0 Å². The molecule has 0 bridgehead atoms. The van der Waals surface area contributed by atoms with Crippen LogP contribution in [0.15, 0.2) is 16.1 Å². The minimum Gasteiger partial charge on any atom is -0.475 e. The number of H-pyrrole nitrogens is 1. The van der Waals surface area contributed by atoms with E-state index in [1.165, 1.54) is 4.68 Å². The fourth-order valence-corrected chi connectivity index (χ4v) is 3.61. The highest BCUT2D eigenvalue weighted by Crippen LogP contribution is 2.34. The van der Waals surface area contributed by atoms with Gasteiger partial charge in [-0.1, -0.05) is 11.8 Å². The first-order valence-corrected chi connectivity index (χ1v) is 9.50. The number of carboxylic acids is 1. The zero-order valence-electron chi connectivity index (χ0n) is 15.4. The van der Waals surface area contributed by atoms with E-state index in [1.807, 2.05) is 0 Å². The molecule has 0 atom stereocenters. The normalized spacial score (nSPS) is 13.6. The van der Waals surface area contributed by atoms with Crippen molar-refractivity contribution in [1.82, 2.24) is 19.7 Å². The van der Waals surface area contributed by atoms with Gasteiger partial charge >= 0.3 is 18.3 Å². The Labute approximate surface area is 169 Å². The molecule has 2 N–H and O–H groups in total. The van der Waals surface area contributed by atoms with Crippen LogP contribution in [0.1, 0.15) is 35.9 Å². The fourth-order valence-electron chi connectivity index (χ4n) is 2.70. The molecule has 0 aliphatic heterocycles. The van der Waals surface area contributed by atoms with Crippen LogP contribution in [-0.2, 0) is 36.1 Å². The molecule has 0 unspecified atom stereocenters. The van der Waals surface area contributed by atoms with Crippen molar-refractivity contribution in [3.05, 3.63) is 39.1 Å². The fraction of sp³-hybridized carbons (Fsp3) is 0.500. The average Bonchev–Trinajstić information content (AvgIpc) is 3.25. The van der Waals surface area contributed by atoms with Gasteiger partial charge in [0.25, 0.3) is 5.56 Å². The summed E-state index contributed by atoms with van der Waals surface area (Å²) in [6, 6.07) is 0. The van der Waals surface area contributed by atoms with Crippen molar-refractivity contribution in [2.24, 2.45) is 0 Å². The molecule has 2 heterocycles. The standard InChI is InChI=1S/C14H15F3N4OS.C2HF3O2/c1-2-21-11(9(6-18-21)14(15,16)17)7-23-13-19-10-5-3-4-8(10)12(22)20-13;3-2(4,5)1(6)7/h6H,2-5,7H2,1H3,(H,19,20,22);(H,6,7). The number of thioether (sulfide) groups is 1. The number of hydrogen-bond donors (Lipinski definition) is 2. The van der Waals surface area contributed by atoms with Crippen LogP contribution in [0.2, 0.25) is 0 Å². The van der Waals surface area contributed by atoms with Crippen molar-refractivity contribution < 1.29 is 36.2 Å². The average molecular weight is 458 g/mol. The Morgan fingerprint density at radius 2 is 1.90 bits per heavy atom. The number of nitrogens with one attached hydrogen (secondary N) is 1. The highest BCUT2D eigenvalue weighted by molar-refractivity contribution is 7.98. The van der Waals surface area contributed by atoms with Gasteiger partial charge in [0.05, 0.1) is 23.1 Å². The van der Waals surface area contributed by atoms with Crippen LogP contribution in [0.3, 0.4) is 0 Å². The van der Waals surface area contributed by atoms with Gasteiger partial charge < -0.3 is 10.1 Å².